The molecule has 0 aliphatic heterocycles. The Bertz CT molecular complexity index is 1320. The van der Waals surface area contributed by atoms with Crippen LogP contribution in [0.15, 0.2) is 72.1 Å². The molecule has 0 aliphatic carbocycles. The Kier molecular flexibility index (Phi) is 7.15. The van der Waals surface area contributed by atoms with Crippen LogP contribution in [0.5, 0.6) is 5.75 Å². The highest BCUT2D eigenvalue weighted by Crippen LogP contribution is 2.29. The molecule has 0 bridgehead atoms. The molecule has 4 aromatic rings. The first kappa shape index (κ1) is 22.4. The van der Waals surface area contributed by atoms with E-state index in [1.165, 1.54) is 40.5 Å². The Morgan fingerprint density at radius 1 is 1.19 bits per heavy atom. The van der Waals surface area contributed by atoms with Gasteiger partial charge in [-0.2, -0.15) is 0 Å². The number of halogens is 1. The third-order valence-electron chi connectivity index (χ3n) is 3.83. The van der Waals surface area contributed by atoms with Crippen molar-refractivity contribution < 1.29 is 18.7 Å². The summed E-state index contributed by atoms with van der Waals surface area (Å²) in [6.45, 7) is 0. The summed E-state index contributed by atoms with van der Waals surface area (Å²) in [7, 11) is 0. The van der Waals surface area contributed by atoms with Crippen LogP contribution < -0.4 is 15.5 Å². The Balaban J connectivity index is 1.34. The monoisotopic (exact) mass is 549 g/mol. The molecule has 12 heteroatoms. The molecule has 0 fully saturated rings. The molecule has 3 heterocycles. The largest absolute Gasteiger partial charge is 0.464 e. The Morgan fingerprint density at radius 3 is 2.81 bits per heavy atom. The minimum atomic E-state index is -0.660. The van der Waals surface area contributed by atoms with Crippen molar-refractivity contribution in [3.63, 3.8) is 0 Å². The quantitative estimate of drug-likeness (QED) is 0.193. The van der Waals surface area contributed by atoms with E-state index in [2.05, 4.69) is 31.4 Å². The van der Waals surface area contributed by atoms with Gasteiger partial charge in [0.1, 0.15) is 12.0 Å². The molecule has 0 spiro atoms. The number of hydrogen-bond acceptors (Lipinski definition) is 10. The lowest BCUT2D eigenvalue weighted by Crippen LogP contribution is -2.14. The number of rotatable bonds is 7. The van der Waals surface area contributed by atoms with E-state index >= 15 is 0 Å². The van der Waals surface area contributed by atoms with Crippen LogP contribution in [0.2, 0.25) is 0 Å². The summed E-state index contributed by atoms with van der Waals surface area (Å²) in [5, 5.41) is 12.8. The van der Waals surface area contributed by atoms with Gasteiger partial charge in [0.05, 0.1) is 16.2 Å². The summed E-state index contributed by atoms with van der Waals surface area (Å²) in [6, 6.07) is 11.4. The summed E-state index contributed by atoms with van der Waals surface area (Å²) < 4.78 is 11.9. The lowest BCUT2D eigenvalue weighted by atomic mass is 10.2. The van der Waals surface area contributed by atoms with E-state index < -0.39 is 11.4 Å². The number of benzene rings is 1. The van der Waals surface area contributed by atoms with Crippen molar-refractivity contribution >= 4 is 67.4 Å². The first-order chi connectivity index (χ1) is 15.5. The van der Waals surface area contributed by atoms with Gasteiger partial charge in [0.25, 0.3) is 5.91 Å². The van der Waals surface area contributed by atoms with E-state index in [1.54, 1.807) is 36.4 Å². The number of nitrogens with zero attached hydrogens (tertiary/aromatic N) is 2. The van der Waals surface area contributed by atoms with Crippen LogP contribution in [-0.4, -0.2) is 22.1 Å². The summed E-state index contributed by atoms with van der Waals surface area (Å²) >= 11 is 7.12. The van der Waals surface area contributed by atoms with Crippen LogP contribution in [0.4, 0.5) is 5.13 Å². The van der Waals surface area contributed by atoms with Gasteiger partial charge in [-0.1, -0.05) is 51.2 Å². The number of hydrogen-bond donors (Lipinski definition) is 1. The van der Waals surface area contributed by atoms with Crippen LogP contribution in [0.25, 0.3) is 0 Å². The van der Waals surface area contributed by atoms with Gasteiger partial charge in [-0.25, -0.2) is 4.79 Å². The molecule has 1 amide bonds. The molecule has 0 saturated heterocycles. The maximum atomic E-state index is 12.3. The number of thiophene rings is 1. The summed E-state index contributed by atoms with van der Waals surface area (Å²) in [6.07, 6.45) is 1.11. The van der Waals surface area contributed by atoms with Crippen molar-refractivity contribution in [2.24, 2.45) is 0 Å². The third kappa shape index (κ3) is 5.71. The number of amides is 1. The second-order valence-electron chi connectivity index (χ2n) is 6.07. The van der Waals surface area contributed by atoms with Gasteiger partial charge in [0.15, 0.2) is 4.34 Å². The zero-order valence-electron chi connectivity index (χ0n) is 15.9. The third-order valence-corrected chi connectivity index (χ3v) is 7.18. The summed E-state index contributed by atoms with van der Waals surface area (Å²) in [5.41, 5.74) is -0.173. The number of carbonyl (C=O) groups excluding carboxylic acids is 2. The second kappa shape index (κ2) is 10.2. The van der Waals surface area contributed by atoms with Crippen LogP contribution >= 0.6 is 50.4 Å². The molecule has 0 atom stereocenters. The highest BCUT2D eigenvalue weighted by atomic mass is 79.9. The molecule has 4 rings (SSSR count). The van der Waals surface area contributed by atoms with Crippen molar-refractivity contribution in [3.8, 4) is 5.75 Å². The summed E-state index contributed by atoms with van der Waals surface area (Å²) in [4.78, 5) is 37.1. The molecule has 162 valence electrons. The predicted octanol–water partition coefficient (Wildman–Crippen LogP) is 5.08. The van der Waals surface area contributed by atoms with Crippen molar-refractivity contribution in [2.75, 3.05) is 5.32 Å². The second-order valence-corrected chi connectivity index (χ2v) is 10.1. The lowest BCUT2D eigenvalue weighted by molar-refractivity contribution is 0.0728. The smallest absolute Gasteiger partial charge is 0.343 e. The molecule has 32 heavy (non-hydrogen) atoms. The topological polar surface area (TPSA) is 111 Å². The zero-order chi connectivity index (χ0) is 22.5. The van der Waals surface area contributed by atoms with E-state index in [-0.39, 0.29) is 11.7 Å². The first-order valence-corrected chi connectivity index (χ1v) is 12.4. The lowest BCUT2D eigenvalue weighted by Gasteiger charge is -2.04. The minimum absolute atomic E-state index is 0.196. The number of anilines is 1. The molecule has 8 nitrogen and oxygen atoms in total. The molecule has 1 N–H and O–H groups in total. The molecule has 0 radical (unpaired) electrons. The van der Waals surface area contributed by atoms with Gasteiger partial charge in [0, 0.05) is 10.5 Å². The number of aromatic nitrogens is 2. The standard InChI is InChI=1S/C20H12BrN3O5S3/c21-12-4-1-3-11(7-12)18(27)29-15-9-28-13(8-14(15)25)10-31-20-24-23-19(32-20)22-17(26)16-5-2-6-30-16/h1-9H,10H2,(H,22,23,26). The van der Waals surface area contributed by atoms with Crippen LogP contribution in [-0.2, 0) is 5.75 Å². The van der Waals surface area contributed by atoms with Gasteiger partial charge < -0.3 is 9.15 Å². The molecular weight excluding hydrogens is 538 g/mol. The van der Waals surface area contributed by atoms with Crippen molar-refractivity contribution in [2.45, 2.75) is 10.1 Å². The SMILES string of the molecule is O=C(Oc1coc(CSc2nnc(NC(=O)c3cccs3)s2)cc1=O)c1cccc(Br)c1. The maximum Gasteiger partial charge on any atom is 0.343 e. The number of carbonyl (C=O) groups is 2. The predicted molar refractivity (Wildman–Crippen MR) is 126 cm³/mol. The van der Waals surface area contributed by atoms with Gasteiger partial charge in [-0.05, 0) is 29.6 Å². The van der Waals surface area contributed by atoms with E-state index in [0.29, 0.717) is 31.4 Å². The molecule has 0 unspecified atom stereocenters. The Labute approximate surface area is 201 Å². The number of thioether (sulfide) groups is 1. The van der Waals surface area contributed by atoms with Gasteiger partial charge in [0.2, 0.25) is 16.3 Å². The summed E-state index contributed by atoms with van der Waals surface area (Å²) in [5.74, 6) is -0.416. The Morgan fingerprint density at radius 2 is 2.06 bits per heavy atom. The number of esters is 1. The average molecular weight is 550 g/mol. The van der Waals surface area contributed by atoms with Gasteiger partial charge in [-0.3, -0.25) is 14.9 Å². The van der Waals surface area contributed by atoms with E-state index in [9.17, 15) is 14.4 Å². The fourth-order valence-electron chi connectivity index (χ4n) is 2.38. The zero-order valence-corrected chi connectivity index (χ0v) is 20.0. The molecular formula is C20H12BrN3O5S3. The van der Waals surface area contributed by atoms with Crippen LogP contribution in [0.1, 0.15) is 25.8 Å². The first-order valence-electron chi connectivity index (χ1n) is 8.88. The fourth-order valence-corrected chi connectivity index (χ4v) is 5.04. The molecule has 1 aromatic carbocycles. The minimum Gasteiger partial charge on any atom is -0.464 e. The van der Waals surface area contributed by atoms with E-state index in [4.69, 9.17) is 9.15 Å². The molecule has 0 aliphatic rings. The van der Waals surface area contributed by atoms with E-state index in [1.807, 2.05) is 5.38 Å². The van der Waals surface area contributed by atoms with E-state index in [0.717, 1.165) is 10.7 Å². The average Bonchev–Trinajstić information content (AvgIpc) is 3.46. The van der Waals surface area contributed by atoms with Gasteiger partial charge in [-0.15, -0.1) is 21.5 Å². The highest BCUT2D eigenvalue weighted by molar-refractivity contribution is 9.10. The van der Waals surface area contributed by atoms with Gasteiger partial charge >= 0.3 is 5.97 Å². The van der Waals surface area contributed by atoms with Crippen molar-refractivity contribution in [1.82, 2.24) is 10.2 Å². The van der Waals surface area contributed by atoms with Crippen molar-refractivity contribution in [1.29, 1.82) is 0 Å². The normalized spacial score (nSPS) is 10.7. The number of nitrogens with one attached hydrogen (secondary N) is 1. The highest BCUT2D eigenvalue weighted by Gasteiger charge is 2.14. The molecule has 0 saturated carbocycles. The maximum absolute atomic E-state index is 12.3. The van der Waals surface area contributed by atoms with Crippen LogP contribution in [0, 0.1) is 0 Å². The van der Waals surface area contributed by atoms with Crippen molar-refractivity contribution in [3.05, 3.63) is 85.0 Å². The molecule has 3 aromatic heterocycles. The fraction of sp³-hybridized carbons (Fsp3) is 0.0500. The number of ether oxygens (including phenoxy) is 1. The van der Waals surface area contributed by atoms with Crippen LogP contribution in [0.3, 0.4) is 0 Å². The Hall–Kier alpha value is -2.80.